The fourth-order valence-corrected chi connectivity index (χ4v) is 4.62. The summed E-state index contributed by atoms with van der Waals surface area (Å²) in [5, 5.41) is 0. The highest BCUT2D eigenvalue weighted by atomic mass is 32.2. The minimum Gasteiger partial charge on any atom is -0.323 e. The van der Waals surface area contributed by atoms with Crippen LogP contribution in [-0.4, -0.2) is 35.2 Å². The second kappa shape index (κ2) is 5.95. The molecule has 1 aromatic heterocycles. The summed E-state index contributed by atoms with van der Waals surface area (Å²) in [7, 11) is -4.49. The molecular weight excluding hydrogens is 288 g/mol. The van der Waals surface area contributed by atoms with Gasteiger partial charge in [-0.05, 0) is 18.9 Å². The van der Waals surface area contributed by atoms with Gasteiger partial charge in [-0.25, -0.2) is 13.1 Å². The highest BCUT2D eigenvalue weighted by Crippen LogP contribution is 2.20. The zero-order chi connectivity index (χ0) is 13.9. The van der Waals surface area contributed by atoms with E-state index in [-0.39, 0.29) is 10.9 Å². The van der Waals surface area contributed by atoms with Crippen molar-refractivity contribution < 1.29 is 12.6 Å². The van der Waals surface area contributed by atoms with Crippen molar-refractivity contribution >= 4 is 26.5 Å². The van der Waals surface area contributed by atoms with E-state index in [1.54, 1.807) is 0 Å². The third-order valence-corrected chi connectivity index (χ3v) is 5.87. The first kappa shape index (κ1) is 14.4. The zero-order valence-corrected chi connectivity index (χ0v) is 11.8. The number of sulfonamides is 1. The Bertz CT molecular complexity index is 566. The van der Waals surface area contributed by atoms with E-state index in [1.165, 1.54) is 18.5 Å². The molecule has 0 radical (unpaired) electrons. The zero-order valence-electron chi connectivity index (χ0n) is 10.2. The molecule has 0 unspecified atom stereocenters. The van der Waals surface area contributed by atoms with Gasteiger partial charge in [-0.15, -0.1) is 0 Å². The second-order valence-corrected chi connectivity index (χ2v) is 7.64. The molecule has 1 aliphatic rings. The van der Waals surface area contributed by atoms with E-state index in [2.05, 4.69) is 15.1 Å². The minimum absolute atomic E-state index is 0.0178. The molecule has 2 heterocycles. The maximum absolute atomic E-state index is 12.2. The molecule has 19 heavy (non-hydrogen) atoms. The van der Waals surface area contributed by atoms with E-state index in [9.17, 15) is 12.6 Å². The van der Waals surface area contributed by atoms with E-state index in [0.717, 1.165) is 0 Å². The van der Waals surface area contributed by atoms with E-state index >= 15 is 0 Å². The maximum atomic E-state index is 12.2. The third-order valence-electron chi connectivity index (χ3n) is 2.94. The minimum atomic E-state index is -3.67. The number of pyridine rings is 1. The third kappa shape index (κ3) is 3.50. The van der Waals surface area contributed by atoms with Crippen molar-refractivity contribution in [2.24, 2.45) is 5.84 Å². The van der Waals surface area contributed by atoms with Gasteiger partial charge >= 0.3 is 0 Å². The Labute approximate surface area is 114 Å². The van der Waals surface area contributed by atoms with E-state index < -0.39 is 20.8 Å². The largest absolute Gasteiger partial charge is 0.323 e. The Balaban J connectivity index is 2.16. The molecule has 0 atom stereocenters. The van der Waals surface area contributed by atoms with E-state index in [4.69, 9.17) is 5.84 Å². The van der Waals surface area contributed by atoms with Crippen LogP contribution in [0.5, 0.6) is 0 Å². The number of anilines is 1. The Morgan fingerprint density at radius 2 is 2.05 bits per heavy atom. The number of hydrogen-bond donors (Lipinski definition) is 3. The van der Waals surface area contributed by atoms with Crippen LogP contribution >= 0.6 is 0 Å². The fraction of sp³-hybridized carbons (Fsp3) is 0.500. The van der Waals surface area contributed by atoms with Crippen LogP contribution in [0.1, 0.15) is 12.8 Å². The summed E-state index contributed by atoms with van der Waals surface area (Å²) < 4.78 is 38.3. The monoisotopic (exact) mass is 304 g/mol. The van der Waals surface area contributed by atoms with Gasteiger partial charge in [0, 0.05) is 40.7 Å². The summed E-state index contributed by atoms with van der Waals surface area (Å²) in [6.45, 7) is 0. The van der Waals surface area contributed by atoms with Gasteiger partial charge in [-0.1, -0.05) is 0 Å². The van der Waals surface area contributed by atoms with Gasteiger partial charge in [-0.3, -0.25) is 15.0 Å². The molecule has 2 rings (SSSR count). The van der Waals surface area contributed by atoms with Crippen LogP contribution < -0.4 is 16.0 Å². The predicted molar refractivity (Wildman–Crippen MR) is 73.3 cm³/mol. The van der Waals surface area contributed by atoms with Crippen LogP contribution in [-0.2, 0) is 20.8 Å². The quantitative estimate of drug-likeness (QED) is 0.513. The van der Waals surface area contributed by atoms with Crippen LogP contribution in [0.4, 0.5) is 5.69 Å². The Morgan fingerprint density at radius 3 is 2.68 bits per heavy atom. The first-order valence-electron chi connectivity index (χ1n) is 5.81. The highest BCUT2D eigenvalue weighted by molar-refractivity contribution is 7.89. The summed E-state index contributed by atoms with van der Waals surface area (Å²) in [5.41, 5.74) is 2.63. The first-order chi connectivity index (χ1) is 9.03. The molecule has 0 amide bonds. The van der Waals surface area contributed by atoms with Gasteiger partial charge in [0.1, 0.15) is 4.90 Å². The molecular formula is C10H16N4O3S2. The van der Waals surface area contributed by atoms with Crippen molar-refractivity contribution in [3.05, 3.63) is 18.5 Å². The number of nitrogens with zero attached hydrogens (tertiary/aromatic N) is 1. The molecule has 0 aromatic carbocycles. The number of nitrogens with one attached hydrogen (secondary N) is 2. The van der Waals surface area contributed by atoms with Gasteiger partial charge in [0.25, 0.3) is 0 Å². The molecule has 106 valence electrons. The van der Waals surface area contributed by atoms with Crippen LogP contribution in [0, 0.1) is 0 Å². The van der Waals surface area contributed by atoms with E-state index in [0.29, 0.717) is 30.0 Å². The van der Waals surface area contributed by atoms with E-state index in [1.807, 2.05) is 0 Å². The van der Waals surface area contributed by atoms with Crippen molar-refractivity contribution in [3.8, 4) is 0 Å². The van der Waals surface area contributed by atoms with Gasteiger partial charge in [0.05, 0.1) is 5.69 Å². The number of nitrogen functional groups attached to an aromatic ring is 1. The van der Waals surface area contributed by atoms with Crippen LogP contribution in [0.2, 0.25) is 0 Å². The molecule has 0 spiro atoms. The number of hydrogen-bond acceptors (Lipinski definition) is 6. The molecule has 9 heteroatoms. The average Bonchev–Trinajstić information content (AvgIpc) is 2.41. The normalized spacial score (nSPS) is 24.1. The maximum Gasteiger partial charge on any atom is 0.244 e. The number of rotatable bonds is 4. The van der Waals surface area contributed by atoms with Crippen molar-refractivity contribution in [2.45, 2.75) is 23.8 Å². The SMILES string of the molecule is NNc1ccncc1S(=O)(=O)NC1CCS(=O)CC1. The molecule has 0 bridgehead atoms. The molecule has 1 aliphatic heterocycles. The van der Waals surface area contributed by atoms with Crippen LogP contribution in [0.25, 0.3) is 0 Å². The van der Waals surface area contributed by atoms with Gasteiger partial charge in [0.15, 0.2) is 0 Å². The number of hydrazine groups is 1. The Morgan fingerprint density at radius 1 is 1.37 bits per heavy atom. The van der Waals surface area contributed by atoms with Crippen LogP contribution in [0.15, 0.2) is 23.4 Å². The lowest BCUT2D eigenvalue weighted by molar-refractivity contribution is 0.522. The Kier molecular flexibility index (Phi) is 4.50. The molecule has 1 fully saturated rings. The second-order valence-electron chi connectivity index (χ2n) is 4.26. The van der Waals surface area contributed by atoms with Crippen molar-refractivity contribution in [1.29, 1.82) is 0 Å². The Hall–Kier alpha value is -1.03. The number of aromatic nitrogens is 1. The van der Waals surface area contributed by atoms with Gasteiger partial charge in [0.2, 0.25) is 10.0 Å². The summed E-state index contributed by atoms with van der Waals surface area (Å²) in [4.78, 5) is 3.82. The van der Waals surface area contributed by atoms with Crippen molar-refractivity contribution in [2.75, 3.05) is 16.9 Å². The first-order valence-corrected chi connectivity index (χ1v) is 8.78. The topological polar surface area (TPSA) is 114 Å². The van der Waals surface area contributed by atoms with Crippen molar-refractivity contribution in [3.63, 3.8) is 0 Å². The smallest absolute Gasteiger partial charge is 0.244 e. The fourth-order valence-electron chi connectivity index (χ4n) is 1.91. The molecule has 1 aromatic rings. The predicted octanol–water partition coefficient (Wildman–Crippen LogP) is -0.443. The summed E-state index contributed by atoms with van der Waals surface area (Å²) >= 11 is 0. The lowest BCUT2D eigenvalue weighted by Crippen LogP contribution is -2.39. The molecule has 0 saturated carbocycles. The standard InChI is InChI=1S/C10H16N4O3S2/c11-13-9-1-4-12-7-10(9)19(16,17)14-8-2-5-18(15)6-3-8/h1,4,7-8,14H,2-3,5-6,11H2,(H,12,13). The van der Waals surface area contributed by atoms with Gasteiger partial charge in [-0.2, -0.15) is 0 Å². The summed E-state index contributed by atoms with van der Waals surface area (Å²) in [6.07, 6.45) is 3.87. The molecule has 0 aliphatic carbocycles. The molecule has 4 N–H and O–H groups in total. The molecule has 1 saturated heterocycles. The molecule has 7 nitrogen and oxygen atoms in total. The lowest BCUT2D eigenvalue weighted by Gasteiger charge is -2.22. The average molecular weight is 304 g/mol. The lowest BCUT2D eigenvalue weighted by atomic mass is 10.2. The summed E-state index contributed by atoms with van der Waals surface area (Å²) in [5.74, 6) is 6.35. The number of nitrogens with two attached hydrogens (primary N) is 1. The van der Waals surface area contributed by atoms with Crippen molar-refractivity contribution in [1.82, 2.24) is 9.71 Å². The summed E-state index contributed by atoms with van der Waals surface area (Å²) in [6, 6.07) is 1.30. The van der Waals surface area contributed by atoms with Crippen LogP contribution in [0.3, 0.4) is 0 Å². The van der Waals surface area contributed by atoms with Gasteiger partial charge < -0.3 is 5.43 Å². The highest BCUT2D eigenvalue weighted by Gasteiger charge is 2.25.